The van der Waals surface area contributed by atoms with Gasteiger partial charge in [0, 0.05) is 13.6 Å². The van der Waals surface area contributed by atoms with Crippen LogP contribution < -0.4 is 11.2 Å². The smallest absolute Gasteiger partial charge is 0.306 e. The molecule has 2 aromatic rings. The molecule has 0 fully saturated rings. The fourth-order valence-corrected chi connectivity index (χ4v) is 1.55. The molecule has 5 heteroatoms. The summed E-state index contributed by atoms with van der Waals surface area (Å²) in [5.41, 5.74) is 5.47. The Morgan fingerprint density at radius 1 is 1.53 bits per heavy atom. The van der Waals surface area contributed by atoms with E-state index in [1.54, 1.807) is 18.7 Å². The van der Waals surface area contributed by atoms with Crippen LogP contribution in [0.2, 0.25) is 0 Å². The molecule has 1 heterocycles. The van der Waals surface area contributed by atoms with E-state index in [0.29, 0.717) is 6.54 Å². The normalized spacial score (nSPS) is 11.1. The molecule has 0 saturated carbocycles. The van der Waals surface area contributed by atoms with Gasteiger partial charge in [-0.2, -0.15) is 5.48 Å². The van der Waals surface area contributed by atoms with Crippen molar-refractivity contribution in [1.82, 2.24) is 15.0 Å². The van der Waals surface area contributed by atoms with Gasteiger partial charge in [-0.15, -0.1) is 0 Å². The molecule has 0 aliphatic heterocycles. The first-order valence-corrected chi connectivity index (χ1v) is 4.66. The van der Waals surface area contributed by atoms with Crippen LogP contribution in [-0.2, 0) is 18.4 Å². The number of nitrogens with zero attached hydrogens (tertiary/aromatic N) is 1. The van der Waals surface area contributed by atoms with Crippen molar-refractivity contribution in [2.24, 2.45) is 7.05 Å². The quantitative estimate of drug-likeness (QED) is 0.721. The van der Waals surface area contributed by atoms with Gasteiger partial charge >= 0.3 is 5.69 Å². The van der Waals surface area contributed by atoms with E-state index in [-0.39, 0.29) is 5.69 Å². The number of benzene rings is 1. The highest BCUT2D eigenvalue weighted by atomic mass is 16.6. The van der Waals surface area contributed by atoms with Gasteiger partial charge in [-0.1, -0.05) is 6.07 Å². The zero-order valence-corrected chi connectivity index (χ0v) is 8.70. The fraction of sp³-hybridized carbons (Fsp3) is 0.300. The summed E-state index contributed by atoms with van der Waals surface area (Å²) < 4.78 is 1.59. The summed E-state index contributed by atoms with van der Waals surface area (Å²) in [7, 11) is 3.32. The molecule has 0 saturated heterocycles. The predicted octanol–water partition coefficient (Wildman–Crippen LogP) is 0.518. The van der Waals surface area contributed by atoms with E-state index in [1.165, 1.54) is 0 Å². The van der Waals surface area contributed by atoms with Gasteiger partial charge in [0.05, 0.1) is 18.1 Å². The molecule has 2 rings (SSSR count). The van der Waals surface area contributed by atoms with E-state index in [0.717, 1.165) is 16.6 Å². The highest BCUT2D eigenvalue weighted by Gasteiger charge is 2.03. The molecule has 15 heavy (non-hydrogen) atoms. The summed E-state index contributed by atoms with van der Waals surface area (Å²) >= 11 is 0. The van der Waals surface area contributed by atoms with Crippen LogP contribution >= 0.6 is 0 Å². The Kier molecular flexibility index (Phi) is 2.57. The topological polar surface area (TPSA) is 59.0 Å². The summed E-state index contributed by atoms with van der Waals surface area (Å²) in [5.74, 6) is 0. The molecule has 0 aliphatic rings. The first-order chi connectivity index (χ1) is 7.22. The van der Waals surface area contributed by atoms with Gasteiger partial charge in [-0.25, -0.2) is 4.79 Å². The number of aromatic amines is 1. The highest BCUT2D eigenvalue weighted by molar-refractivity contribution is 5.75. The molecule has 1 aromatic heterocycles. The van der Waals surface area contributed by atoms with Gasteiger partial charge in [-0.3, -0.25) is 4.57 Å². The molecule has 1 aromatic carbocycles. The van der Waals surface area contributed by atoms with Crippen molar-refractivity contribution in [3.05, 3.63) is 34.2 Å². The second kappa shape index (κ2) is 3.88. The molecule has 0 unspecified atom stereocenters. The molecule has 0 atom stereocenters. The first-order valence-electron chi connectivity index (χ1n) is 4.66. The molecule has 0 spiro atoms. The Morgan fingerprint density at radius 3 is 3.07 bits per heavy atom. The third-order valence-corrected chi connectivity index (χ3v) is 2.39. The van der Waals surface area contributed by atoms with Crippen LogP contribution in [0.1, 0.15) is 5.56 Å². The average Bonchev–Trinajstić information content (AvgIpc) is 2.52. The van der Waals surface area contributed by atoms with Crippen molar-refractivity contribution in [3.8, 4) is 0 Å². The lowest BCUT2D eigenvalue weighted by Crippen LogP contribution is -2.11. The maximum absolute atomic E-state index is 11.3. The number of imidazole rings is 1. The molecule has 0 aliphatic carbocycles. The molecule has 80 valence electrons. The van der Waals surface area contributed by atoms with Crippen LogP contribution in [0.4, 0.5) is 0 Å². The number of H-pyrrole nitrogens is 1. The van der Waals surface area contributed by atoms with Crippen LogP contribution in [0.15, 0.2) is 23.0 Å². The van der Waals surface area contributed by atoms with Crippen molar-refractivity contribution < 1.29 is 4.84 Å². The van der Waals surface area contributed by atoms with E-state index in [9.17, 15) is 4.79 Å². The molecular formula is C10H13N3O2. The lowest BCUT2D eigenvalue weighted by molar-refractivity contribution is 0.0867. The standard InChI is InChI=1S/C10H13N3O2/c1-13-9-4-3-7(6-11-15-2)5-8(9)12-10(13)14/h3-5,11H,6H2,1-2H3,(H,12,14). The number of hydrogen-bond acceptors (Lipinski definition) is 3. The van der Waals surface area contributed by atoms with Crippen LogP contribution in [-0.4, -0.2) is 16.7 Å². The minimum absolute atomic E-state index is 0.0955. The van der Waals surface area contributed by atoms with E-state index >= 15 is 0 Å². The van der Waals surface area contributed by atoms with Crippen molar-refractivity contribution >= 4 is 11.0 Å². The van der Waals surface area contributed by atoms with Crippen LogP contribution in [0, 0.1) is 0 Å². The van der Waals surface area contributed by atoms with Crippen LogP contribution in [0.3, 0.4) is 0 Å². The Balaban J connectivity index is 2.43. The average molecular weight is 207 g/mol. The van der Waals surface area contributed by atoms with Gasteiger partial charge < -0.3 is 9.82 Å². The minimum Gasteiger partial charge on any atom is -0.306 e. The first kappa shape index (κ1) is 9.95. The third kappa shape index (κ3) is 1.79. The van der Waals surface area contributed by atoms with Crippen molar-refractivity contribution in [1.29, 1.82) is 0 Å². The second-order valence-corrected chi connectivity index (χ2v) is 3.37. The number of hydroxylamine groups is 1. The van der Waals surface area contributed by atoms with Gasteiger partial charge in [-0.05, 0) is 17.7 Å². The van der Waals surface area contributed by atoms with E-state index in [1.807, 2.05) is 18.2 Å². The Labute approximate surface area is 86.6 Å². The number of hydrogen-bond donors (Lipinski definition) is 2. The Morgan fingerprint density at radius 2 is 2.33 bits per heavy atom. The molecular weight excluding hydrogens is 194 g/mol. The zero-order valence-electron chi connectivity index (χ0n) is 8.70. The van der Waals surface area contributed by atoms with E-state index < -0.39 is 0 Å². The maximum Gasteiger partial charge on any atom is 0.326 e. The van der Waals surface area contributed by atoms with Crippen LogP contribution in [0.25, 0.3) is 11.0 Å². The van der Waals surface area contributed by atoms with Crippen molar-refractivity contribution in [2.75, 3.05) is 7.11 Å². The third-order valence-electron chi connectivity index (χ3n) is 2.39. The van der Waals surface area contributed by atoms with Crippen LogP contribution in [0.5, 0.6) is 0 Å². The monoisotopic (exact) mass is 207 g/mol. The van der Waals surface area contributed by atoms with Gasteiger partial charge in [0.15, 0.2) is 0 Å². The number of rotatable bonds is 3. The Hall–Kier alpha value is -1.59. The summed E-state index contributed by atoms with van der Waals surface area (Å²) in [6.07, 6.45) is 0. The van der Waals surface area contributed by atoms with Crippen molar-refractivity contribution in [2.45, 2.75) is 6.54 Å². The van der Waals surface area contributed by atoms with Gasteiger partial charge in [0.25, 0.3) is 0 Å². The van der Waals surface area contributed by atoms with E-state index in [4.69, 9.17) is 4.84 Å². The fourth-order valence-electron chi connectivity index (χ4n) is 1.55. The molecule has 0 amide bonds. The predicted molar refractivity (Wildman–Crippen MR) is 57.4 cm³/mol. The highest BCUT2D eigenvalue weighted by Crippen LogP contribution is 2.11. The Bertz CT molecular complexity index is 527. The second-order valence-electron chi connectivity index (χ2n) is 3.37. The zero-order chi connectivity index (χ0) is 10.8. The molecule has 0 radical (unpaired) electrons. The van der Waals surface area contributed by atoms with Crippen molar-refractivity contribution in [3.63, 3.8) is 0 Å². The lowest BCUT2D eigenvalue weighted by atomic mass is 10.2. The number of aromatic nitrogens is 2. The molecule has 0 bridgehead atoms. The van der Waals surface area contributed by atoms with E-state index in [2.05, 4.69) is 10.5 Å². The summed E-state index contributed by atoms with van der Waals surface area (Å²) in [5, 5.41) is 0. The lowest BCUT2D eigenvalue weighted by Gasteiger charge is -2.02. The minimum atomic E-state index is -0.0955. The summed E-state index contributed by atoms with van der Waals surface area (Å²) in [6, 6.07) is 5.81. The van der Waals surface area contributed by atoms with Gasteiger partial charge in [0.1, 0.15) is 0 Å². The summed E-state index contributed by atoms with van der Waals surface area (Å²) in [6.45, 7) is 0.614. The number of aryl methyl sites for hydroxylation is 1. The SMILES string of the molecule is CONCc1ccc2c(c1)[nH]c(=O)n2C. The van der Waals surface area contributed by atoms with Gasteiger partial charge in [0.2, 0.25) is 0 Å². The molecule has 2 N–H and O–H groups in total. The number of fused-ring (bicyclic) bond motifs is 1. The molecule has 5 nitrogen and oxygen atoms in total. The summed E-state index contributed by atoms with van der Waals surface area (Å²) in [4.78, 5) is 18.9. The maximum atomic E-state index is 11.3. The number of nitrogens with one attached hydrogen (secondary N) is 2. The largest absolute Gasteiger partial charge is 0.326 e.